The Balaban J connectivity index is 2.64. The number of rotatable bonds is 7. The fourth-order valence-corrected chi connectivity index (χ4v) is 1.41. The lowest BCUT2D eigenvalue weighted by molar-refractivity contribution is -0.137. The van der Waals surface area contributed by atoms with Crippen LogP contribution in [0, 0.1) is 0 Å². The topological polar surface area (TPSA) is 83.8 Å². The first-order chi connectivity index (χ1) is 8.54. The largest absolute Gasteiger partial charge is 0.504 e. The van der Waals surface area contributed by atoms with E-state index in [9.17, 15) is 14.7 Å². The van der Waals surface area contributed by atoms with Gasteiger partial charge in [-0.05, 0) is 24.6 Å². The molecule has 0 spiro atoms. The lowest BCUT2D eigenvalue weighted by atomic mass is 10.1. The zero-order valence-corrected chi connectivity index (χ0v) is 10.2. The number of carbonyl (C=O) groups is 2. The van der Waals surface area contributed by atoms with E-state index in [0.29, 0.717) is 18.4 Å². The average molecular weight is 252 g/mol. The highest BCUT2D eigenvalue weighted by Crippen LogP contribution is 2.27. The fraction of sp³-hybridized carbons (Fsp3) is 0.385. The third-order valence-corrected chi connectivity index (χ3v) is 2.40. The summed E-state index contributed by atoms with van der Waals surface area (Å²) in [6, 6.07) is 4.41. The molecule has 0 saturated heterocycles. The second kappa shape index (κ2) is 6.64. The molecule has 0 saturated carbocycles. The van der Waals surface area contributed by atoms with Gasteiger partial charge in [0.25, 0.3) is 0 Å². The number of hydrogen-bond acceptors (Lipinski definition) is 4. The molecule has 0 aliphatic rings. The number of ether oxygens (including phenoxy) is 1. The van der Waals surface area contributed by atoms with E-state index in [-0.39, 0.29) is 30.3 Å². The summed E-state index contributed by atoms with van der Waals surface area (Å²) in [7, 11) is 0. The molecule has 98 valence electrons. The van der Waals surface area contributed by atoms with E-state index in [4.69, 9.17) is 9.84 Å². The van der Waals surface area contributed by atoms with Crippen molar-refractivity contribution in [3.63, 3.8) is 0 Å². The third kappa shape index (κ3) is 4.08. The Labute approximate surface area is 105 Å². The van der Waals surface area contributed by atoms with Crippen molar-refractivity contribution >= 4 is 11.8 Å². The third-order valence-electron chi connectivity index (χ3n) is 2.40. The van der Waals surface area contributed by atoms with Gasteiger partial charge in [-0.1, -0.05) is 6.92 Å². The van der Waals surface area contributed by atoms with Crippen LogP contribution < -0.4 is 4.74 Å². The van der Waals surface area contributed by atoms with E-state index in [1.807, 2.05) is 0 Å². The van der Waals surface area contributed by atoms with Gasteiger partial charge in [-0.25, -0.2) is 0 Å². The molecule has 0 fully saturated rings. The summed E-state index contributed by atoms with van der Waals surface area (Å²) in [5.41, 5.74) is 0.475. The van der Waals surface area contributed by atoms with Crippen LogP contribution >= 0.6 is 0 Å². The summed E-state index contributed by atoms with van der Waals surface area (Å²) in [5, 5.41) is 18.0. The Bertz CT molecular complexity index is 439. The van der Waals surface area contributed by atoms with E-state index in [2.05, 4.69) is 0 Å². The second-order valence-corrected chi connectivity index (χ2v) is 3.80. The van der Waals surface area contributed by atoms with Crippen LogP contribution in [0.1, 0.15) is 36.5 Å². The minimum absolute atomic E-state index is 0.00828. The van der Waals surface area contributed by atoms with Crippen molar-refractivity contribution in [2.45, 2.75) is 26.2 Å². The molecule has 5 heteroatoms. The molecule has 2 N–H and O–H groups in total. The van der Waals surface area contributed by atoms with Gasteiger partial charge in [0.15, 0.2) is 17.3 Å². The number of carboxylic acids is 1. The highest BCUT2D eigenvalue weighted by molar-refractivity contribution is 5.96. The van der Waals surface area contributed by atoms with Crippen molar-refractivity contribution in [1.82, 2.24) is 0 Å². The summed E-state index contributed by atoms with van der Waals surface area (Å²) in [4.78, 5) is 21.8. The first-order valence-electron chi connectivity index (χ1n) is 5.75. The van der Waals surface area contributed by atoms with Crippen molar-refractivity contribution in [1.29, 1.82) is 0 Å². The zero-order chi connectivity index (χ0) is 13.5. The second-order valence-electron chi connectivity index (χ2n) is 3.80. The number of aliphatic carboxylic acids is 1. The predicted molar refractivity (Wildman–Crippen MR) is 65.1 cm³/mol. The van der Waals surface area contributed by atoms with Gasteiger partial charge in [0, 0.05) is 18.4 Å². The van der Waals surface area contributed by atoms with Crippen molar-refractivity contribution in [3.8, 4) is 11.5 Å². The Hall–Kier alpha value is -2.04. The Morgan fingerprint density at radius 1 is 1.33 bits per heavy atom. The van der Waals surface area contributed by atoms with Crippen LogP contribution in [0.25, 0.3) is 0 Å². The number of hydrogen-bond donors (Lipinski definition) is 2. The van der Waals surface area contributed by atoms with E-state index in [1.54, 1.807) is 6.92 Å². The normalized spacial score (nSPS) is 10.1. The lowest BCUT2D eigenvalue weighted by Gasteiger charge is -2.08. The number of phenolic OH excluding ortho intramolecular Hbond substituents is 1. The van der Waals surface area contributed by atoms with Crippen molar-refractivity contribution < 1.29 is 24.5 Å². The molecule has 18 heavy (non-hydrogen) atoms. The number of carboxylic acid groups (broad SMARTS) is 1. The molecule has 0 radical (unpaired) electrons. The smallest absolute Gasteiger partial charge is 0.303 e. The number of carbonyl (C=O) groups excluding carboxylic acids is 1. The quantitative estimate of drug-likeness (QED) is 0.574. The minimum atomic E-state index is -0.891. The maximum absolute atomic E-state index is 11.5. The number of Topliss-reactive ketones (excluding diaryl/α,β-unsaturated/α-hetero) is 1. The molecule has 1 rings (SSSR count). The number of ketones is 1. The minimum Gasteiger partial charge on any atom is -0.504 e. The molecular formula is C13H16O5. The van der Waals surface area contributed by atoms with Crippen LogP contribution in [-0.2, 0) is 4.79 Å². The molecule has 0 unspecified atom stereocenters. The SMILES string of the molecule is CCC(=O)c1ccc(O)c(OCCCC(=O)O)c1. The maximum atomic E-state index is 11.5. The zero-order valence-electron chi connectivity index (χ0n) is 10.2. The van der Waals surface area contributed by atoms with Crippen LogP contribution in [-0.4, -0.2) is 28.6 Å². The molecule has 0 heterocycles. The van der Waals surface area contributed by atoms with E-state index >= 15 is 0 Å². The molecule has 0 amide bonds. The Morgan fingerprint density at radius 3 is 2.67 bits per heavy atom. The van der Waals surface area contributed by atoms with Crippen LogP contribution in [0.5, 0.6) is 11.5 Å². The van der Waals surface area contributed by atoms with Gasteiger partial charge in [0.1, 0.15) is 0 Å². The fourth-order valence-electron chi connectivity index (χ4n) is 1.41. The van der Waals surface area contributed by atoms with Gasteiger partial charge in [-0.3, -0.25) is 9.59 Å². The molecule has 0 aliphatic heterocycles. The first-order valence-corrected chi connectivity index (χ1v) is 5.75. The summed E-state index contributed by atoms with van der Waals surface area (Å²) in [6.07, 6.45) is 0.734. The standard InChI is InChI=1S/C13H16O5/c1-2-10(14)9-5-6-11(15)12(8-9)18-7-3-4-13(16)17/h5-6,8,15H,2-4,7H2,1H3,(H,16,17). The van der Waals surface area contributed by atoms with Crippen LogP contribution in [0.2, 0.25) is 0 Å². The number of phenols is 1. The van der Waals surface area contributed by atoms with Crippen molar-refractivity contribution in [2.75, 3.05) is 6.61 Å². The highest BCUT2D eigenvalue weighted by Gasteiger charge is 2.09. The monoisotopic (exact) mass is 252 g/mol. The van der Waals surface area contributed by atoms with Crippen molar-refractivity contribution in [2.24, 2.45) is 0 Å². The molecule has 1 aromatic carbocycles. The summed E-state index contributed by atoms with van der Waals surface area (Å²) in [6.45, 7) is 1.94. The van der Waals surface area contributed by atoms with Crippen LogP contribution in [0.4, 0.5) is 0 Å². The molecular weight excluding hydrogens is 236 g/mol. The summed E-state index contributed by atoms with van der Waals surface area (Å²) < 4.78 is 5.26. The van der Waals surface area contributed by atoms with Gasteiger partial charge in [-0.15, -0.1) is 0 Å². The van der Waals surface area contributed by atoms with Gasteiger partial charge in [0.2, 0.25) is 0 Å². The maximum Gasteiger partial charge on any atom is 0.303 e. The van der Waals surface area contributed by atoms with Gasteiger partial charge in [-0.2, -0.15) is 0 Å². The average Bonchev–Trinajstić information content (AvgIpc) is 2.35. The highest BCUT2D eigenvalue weighted by atomic mass is 16.5. The molecule has 5 nitrogen and oxygen atoms in total. The molecule has 1 aromatic rings. The van der Waals surface area contributed by atoms with Crippen LogP contribution in [0.15, 0.2) is 18.2 Å². The molecule has 0 atom stereocenters. The lowest BCUT2D eigenvalue weighted by Crippen LogP contribution is -2.03. The van der Waals surface area contributed by atoms with E-state index in [0.717, 1.165) is 0 Å². The summed E-state index contributed by atoms with van der Waals surface area (Å²) in [5.74, 6) is -0.777. The van der Waals surface area contributed by atoms with E-state index < -0.39 is 5.97 Å². The van der Waals surface area contributed by atoms with E-state index in [1.165, 1.54) is 18.2 Å². The Morgan fingerprint density at radius 2 is 2.06 bits per heavy atom. The van der Waals surface area contributed by atoms with Gasteiger partial charge in [0.05, 0.1) is 6.61 Å². The molecule has 0 aromatic heterocycles. The van der Waals surface area contributed by atoms with Gasteiger partial charge < -0.3 is 14.9 Å². The van der Waals surface area contributed by atoms with Crippen molar-refractivity contribution in [3.05, 3.63) is 23.8 Å². The summed E-state index contributed by atoms with van der Waals surface area (Å²) >= 11 is 0. The molecule has 0 aliphatic carbocycles. The Kier molecular flexibility index (Phi) is 5.17. The molecule has 0 bridgehead atoms. The first kappa shape index (κ1) is 14.0. The number of aromatic hydroxyl groups is 1. The predicted octanol–water partition coefficient (Wildman–Crippen LogP) is 2.23. The van der Waals surface area contributed by atoms with Gasteiger partial charge >= 0.3 is 5.97 Å². The van der Waals surface area contributed by atoms with Crippen LogP contribution in [0.3, 0.4) is 0 Å². The number of benzene rings is 1.